The first-order valence-corrected chi connectivity index (χ1v) is 7.03. The molecule has 108 valence electrons. The average molecular weight is 275 g/mol. The van der Waals surface area contributed by atoms with Gasteiger partial charge in [0.15, 0.2) is 5.82 Å². The maximum absolute atomic E-state index is 12.2. The molecule has 20 heavy (non-hydrogen) atoms. The maximum atomic E-state index is 12.2. The molecular weight excluding hydrogens is 254 g/mol. The lowest BCUT2D eigenvalue weighted by Gasteiger charge is -2.16. The summed E-state index contributed by atoms with van der Waals surface area (Å²) in [7, 11) is 0. The van der Waals surface area contributed by atoms with E-state index in [-0.39, 0.29) is 11.9 Å². The molecule has 6 nitrogen and oxygen atoms in total. The van der Waals surface area contributed by atoms with Crippen molar-refractivity contribution in [2.45, 2.75) is 45.8 Å². The number of aromatic nitrogens is 4. The third-order valence-electron chi connectivity index (χ3n) is 3.26. The van der Waals surface area contributed by atoms with Gasteiger partial charge in [0.25, 0.3) is 0 Å². The Bertz CT molecular complexity index is 532. The predicted octanol–water partition coefficient (Wildman–Crippen LogP) is 1.76. The summed E-state index contributed by atoms with van der Waals surface area (Å²) < 4.78 is 3.89. The van der Waals surface area contributed by atoms with Gasteiger partial charge in [-0.3, -0.25) is 4.79 Å². The number of hydrogen-bond acceptors (Lipinski definition) is 3. The van der Waals surface area contributed by atoms with Gasteiger partial charge in [0.1, 0.15) is 12.4 Å². The number of carbonyl (C=O) groups excluding carboxylic acids is 1. The van der Waals surface area contributed by atoms with E-state index in [1.165, 1.54) is 0 Å². The van der Waals surface area contributed by atoms with E-state index < -0.39 is 0 Å². The molecule has 0 bridgehead atoms. The van der Waals surface area contributed by atoms with Gasteiger partial charge in [-0.15, -0.1) is 10.2 Å². The molecule has 0 radical (unpaired) electrons. The van der Waals surface area contributed by atoms with Crippen molar-refractivity contribution in [3.8, 4) is 0 Å². The van der Waals surface area contributed by atoms with Crippen LogP contribution < -0.4 is 5.32 Å². The standard InChI is InChI=1S/C14H21N5O/c1-3-7-19-11-16-17-13(19)10-15-14(20)12(4-2)18-8-5-6-9-18/h5-6,8-9,11-12H,3-4,7,10H2,1-2H3,(H,15,20). The largest absolute Gasteiger partial charge is 0.347 e. The Kier molecular flexibility index (Phi) is 4.92. The van der Waals surface area contributed by atoms with Crippen molar-refractivity contribution in [1.29, 1.82) is 0 Å². The summed E-state index contributed by atoms with van der Waals surface area (Å²) in [5, 5.41) is 10.9. The van der Waals surface area contributed by atoms with Crippen molar-refractivity contribution in [3.05, 3.63) is 36.7 Å². The van der Waals surface area contributed by atoms with E-state index in [0.717, 1.165) is 25.2 Å². The SMILES string of the molecule is CCCn1cnnc1CNC(=O)C(CC)n1cccc1. The lowest BCUT2D eigenvalue weighted by atomic mass is 10.2. The quantitative estimate of drug-likeness (QED) is 0.837. The molecule has 2 heterocycles. The highest BCUT2D eigenvalue weighted by Gasteiger charge is 2.17. The van der Waals surface area contributed by atoms with Crippen LogP contribution in [0.5, 0.6) is 0 Å². The van der Waals surface area contributed by atoms with Crippen molar-refractivity contribution in [1.82, 2.24) is 24.6 Å². The van der Waals surface area contributed by atoms with Gasteiger partial charge in [-0.25, -0.2) is 0 Å². The molecule has 0 aliphatic heterocycles. The van der Waals surface area contributed by atoms with Crippen LogP contribution in [0.3, 0.4) is 0 Å². The van der Waals surface area contributed by atoms with Gasteiger partial charge in [0.2, 0.25) is 5.91 Å². The third kappa shape index (κ3) is 3.26. The topological polar surface area (TPSA) is 64.7 Å². The number of hydrogen-bond donors (Lipinski definition) is 1. The van der Waals surface area contributed by atoms with E-state index in [2.05, 4.69) is 22.4 Å². The van der Waals surface area contributed by atoms with Crippen molar-refractivity contribution in [3.63, 3.8) is 0 Å². The molecule has 1 N–H and O–H groups in total. The molecule has 0 aromatic carbocycles. The van der Waals surface area contributed by atoms with Crippen molar-refractivity contribution in [2.24, 2.45) is 0 Å². The van der Waals surface area contributed by atoms with Crippen molar-refractivity contribution >= 4 is 5.91 Å². The van der Waals surface area contributed by atoms with E-state index in [1.807, 2.05) is 40.6 Å². The first kappa shape index (κ1) is 14.3. The number of aryl methyl sites for hydroxylation is 1. The fourth-order valence-electron chi connectivity index (χ4n) is 2.21. The Labute approximate surface area is 118 Å². The zero-order chi connectivity index (χ0) is 14.4. The summed E-state index contributed by atoms with van der Waals surface area (Å²) in [4.78, 5) is 12.2. The van der Waals surface area contributed by atoms with Crippen molar-refractivity contribution in [2.75, 3.05) is 0 Å². The Morgan fingerprint density at radius 3 is 2.75 bits per heavy atom. The van der Waals surface area contributed by atoms with Crippen LogP contribution in [0.4, 0.5) is 0 Å². The van der Waals surface area contributed by atoms with Gasteiger partial charge >= 0.3 is 0 Å². The Hall–Kier alpha value is -2.11. The lowest BCUT2D eigenvalue weighted by Crippen LogP contribution is -2.32. The highest BCUT2D eigenvalue weighted by Crippen LogP contribution is 2.11. The molecule has 0 aliphatic carbocycles. The zero-order valence-electron chi connectivity index (χ0n) is 12.0. The fourth-order valence-corrected chi connectivity index (χ4v) is 2.21. The summed E-state index contributed by atoms with van der Waals surface area (Å²) >= 11 is 0. The van der Waals surface area contributed by atoms with E-state index in [0.29, 0.717) is 6.54 Å². The highest BCUT2D eigenvalue weighted by molar-refractivity contribution is 5.80. The van der Waals surface area contributed by atoms with Crippen LogP contribution in [-0.2, 0) is 17.9 Å². The minimum Gasteiger partial charge on any atom is -0.347 e. The fraction of sp³-hybridized carbons (Fsp3) is 0.500. The average Bonchev–Trinajstić information content (AvgIpc) is 3.09. The molecular formula is C14H21N5O. The van der Waals surface area contributed by atoms with Gasteiger partial charge in [0.05, 0.1) is 6.54 Å². The zero-order valence-corrected chi connectivity index (χ0v) is 12.0. The van der Waals surface area contributed by atoms with Crippen LogP contribution in [0.1, 0.15) is 38.6 Å². The maximum Gasteiger partial charge on any atom is 0.243 e. The normalized spacial score (nSPS) is 12.3. The molecule has 1 atom stereocenters. The molecule has 0 spiro atoms. The number of carbonyl (C=O) groups is 1. The second kappa shape index (κ2) is 6.88. The minimum absolute atomic E-state index is 0.00903. The van der Waals surface area contributed by atoms with Crippen LogP contribution in [-0.4, -0.2) is 25.2 Å². The number of amides is 1. The molecule has 2 rings (SSSR count). The van der Waals surface area contributed by atoms with E-state index in [4.69, 9.17) is 0 Å². The third-order valence-corrected chi connectivity index (χ3v) is 3.26. The summed E-state index contributed by atoms with van der Waals surface area (Å²) in [5.41, 5.74) is 0. The first-order chi connectivity index (χ1) is 9.76. The van der Waals surface area contributed by atoms with Crippen LogP contribution >= 0.6 is 0 Å². The second-order valence-corrected chi connectivity index (χ2v) is 4.71. The molecule has 0 fully saturated rings. The number of nitrogens with one attached hydrogen (secondary N) is 1. The van der Waals surface area contributed by atoms with Crippen LogP contribution in [0.2, 0.25) is 0 Å². The van der Waals surface area contributed by atoms with Gasteiger partial charge in [-0.05, 0) is 25.0 Å². The summed E-state index contributed by atoms with van der Waals surface area (Å²) in [5.74, 6) is 0.803. The van der Waals surface area contributed by atoms with Crippen LogP contribution in [0.15, 0.2) is 30.9 Å². The summed E-state index contributed by atoms with van der Waals surface area (Å²) in [6, 6.07) is 3.68. The van der Waals surface area contributed by atoms with E-state index in [1.54, 1.807) is 6.33 Å². The first-order valence-electron chi connectivity index (χ1n) is 7.03. The molecule has 2 aromatic rings. The molecule has 0 saturated heterocycles. The lowest BCUT2D eigenvalue weighted by molar-refractivity contribution is -0.124. The Balaban J connectivity index is 1.95. The smallest absolute Gasteiger partial charge is 0.243 e. The van der Waals surface area contributed by atoms with Crippen LogP contribution in [0.25, 0.3) is 0 Å². The molecule has 0 aliphatic rings. The van der Waals surface area contributed by atoms with E-state index >= 15 is 0 Å². The molecule has 2 aromatic heterocycles. The van der Waals surface area contributed by atoms with Gasteiger partial charge < -0.3 is 14.5 Å². The molecule has 6 heteroatoms. The Morgan fingerprint density at radius 2 is 2.10 bits per heavy atom. The molecule has 0 saturated carbocycles. The van der Waals surface area contributed by atoms with E-state index in [9.17, 15) is 4.79 Å². The number of rotatable bonds is 7. The van der Waals surface area contributed by atoms with Gasteiger partial charge in [-0.2, -0.15) is 0 Å². The second-order valence-electron chi connectivity index (χ2n) is 4.71. The van der Waals surface area contributed by atoms with Gasteiger partial charge in [0, 0.05) is 18.9 Å². The molecule has 1 amide bonds. The minimum atomic E-state index is -0.174. The summed E-state index contributed by atoms with van der Waals surface area (Å²) in [6.45, 7) is 5.38. The predicted molar refractivity (Wildman–Crippen MR) is 75.9 cm³/mol. The number of nitrogens with zero attached hydrogens (tertiary/aromatic N) is 4. The van der Waals surface area contributed by atoms with Gasteiger partial charge in [-0.1, -0.05) is 13.8 Å². The van der Waals surface area contributed by atoms with Crippen molar-refractivity contribution < 1.29 is 4.79 Å². The highest BCUT2D eigenvalue weighted by atomic mass is 16.2. The summed E-state index contributed by atoms with van der Waals surface area (Å²) in [6.07, 6.45) is 7.29. The molecule has 1 unspecified atom stereocenters. The monoisotopic (exact) mass is 275 g/mol. The van der Waals surface area contributed by atoms with Crippen LogP contribution in [0, 0.1) is 0 Å². The Morgan fingerprint density at radius 1 is 1.35 bits per heavy atom.